The predicted octanol–water partition coefficient (Wildman–Crippen LogP) is 2.35. The third kappa shape index (κ3) is 1.78. The Hall–Kier alpha value is 0.0200. The van der Waals surface area contributed by atoms with Crippen molar-refractivity contribution in [2.75, 3.05) is 11.5 Å². The van der Waals surface area contributed by atoms with E-state index < -0.39 is 0 Å². The summed E-state index contributed by atoms with van der Waals surface area (Å²) < 4.78 is 0. The van der Waals surface area contributed by atoms with E-state index in [2.05, 4.69) is 13.8 Å². The molecule has 2 heteroatoms. The molecule has 1 aliphatic heterocycles. The van der Waals surface area contributed by atoms with Gasteiger partial charge in [0.25, 0.3) is 0 Å². The van der Waals surface area contributed by atoms with Crippen LogP contribution < -0.4 is 0 Å². The monoisotopic (exact) mass is 172 g/mol. The van der Waals surface area contributed by atoms with Crippen LogP contribution in [0.2, 0.25) is 0 Å². The highest BCUT2D eigenvalue weighted by Crippen LogP contribution is 2.39. The van der Waals surface area contributed by atoms with Gasteiger partial charge in [0.1, 0.15) is 6.29 Å². The van der Waals surface area contributed by atoms with Crippen LogP contribution in [0.5, 0.6) is 0 Å². The Bertz CT molecular complexity index is 136. The number of aldehydes is 1. The van der Waals surface area contributed by atoms with Gasteiger partial charge in [0, 0.05) is 5.41 Å². The van der Waals surface area contributed by atoms with Crippen LogP contribution in [0.25, 0.3) is 0 Å². The number of rotatable bonds is 2. The average molecular weight is 172 g/mol. The van der Waals surface area contributed by atoms with Crippen molar-refractivity contribution in [3.05, 3.63) is 0 Å². The molecule has 0 aromatic heterocycles. The fourth-order valence-electron chi connectivity index (χ4n) is 1.58. The van der Waals surface area contributed by atoms with E-state index in [-0.39, 0.29) is 5.41 Å². The predicted molar refractivity (Wildman–Crippen MR) is 49.9 cm³/mol. The van der Waals surface area contributed by atoms with Gasteiger partial charge in [-0.05, 0) is 30.3 Å². The molecule has 0 bridgehead atoms. The molecular formula is C9H16OS. The summed E-state index contributed by atoms with van der Waals surface area (Å²) in [6.07, 6.45) is 3.36. The summed E-state index contributed by atoms with van der Waals surface area (Å²) >= 11 is 1.97. The van der Waals surface area contributed by atoms with Gasteiger partial charge in [0.15, 0.2) is 0 Å². The summed E-state index contributed by atoms with van der Waals surface area (Å²) in [6.45, 7) is 4.31. The van der Waals surface area contributed by atoms with E-state index >= 15 is 0 Å². The van der Waals surface area contributed by atoms with E-state index in [1.165, 1.54) is 6.29 Å². The second-order valence-corrected chi connectivity index (χ2v) is 4.84. The number of hydrogen-bond acceptors (Lipinski definition) is 2. The quantitative estimate of drug-likeness (QED) is 0.595. The van der Waals surface area contributed by atoms with Crippen LogP contribution in [0.1, 0.15) is 26.7 Å². The first-order valence-electron chi connectivity index (χ1n) is 4.25. The normalized spacial score (nSPS) is 23.5. The highest BCUT2D eigenvalue weighted by Gasteiger charge is 2.34. The summed E-state index contributed by atoms with van der Waals surface area (Å²) in [5, 5.41) is 0. The number of hydrogen-bond donors (Lipinski definition) is 0. The molecule has 0 aromatic carbocycles. The zero-order valence-electron chi connectivity index (χ0n) is 7.30. The van der Waals surface area contributed by atoms with Gasteiger partial charge < -0.3 is 4.79 Å². The van der Waals surface area contributed by atoms with E-state index in [0.29, 0.717) is 5.92 Å². The molecular weight excluding hydrogens is 156 g/mol. The van der Waals surface area contributed by atoms with Gasteiger partial charge in [-0.3, -0.25) is 0 Å². The van der Waals surface area contributed by atoms with Crippen molar-refractivity contribution < 1.29 is 4.79 Å². The molecule has 0 atom stereocenters. The van der Waals surface area contributed by atoms with Crippen LogP contribution in [0.15, 0.2) is 0 Å². The molecule has 0 amide bonds. The molecule has 1 rings (SSSR count). The van der Waals surface area contributed by atoms with E-state index in [1.807, 2.05) is 11.8 Å². The van der Waals surface area contributed by atoms with Crippen molar-refractivity contribution in [1.29, 1.82) is 0 Å². The molecule has 1 aliphatic rings. The Morgan fingerprint density at radius 3 is 2.18 bits per heavy atom. The summed E-state index contributed by atoms with van der Waals surface area (Å²) in [5.74, 6) is 2.84. The molecule has 0 N–H and O–H groups in total. The first-order valence-corrected chi connectivity index (χ1v) is 5.41. The Kier molecular flexibility index (Phi) is 2.99. The van der Waals surface area contributed by atoms with Crippen LogP contribution in [-0.4, -0.2) is 17.8 Å². The molecule has 0 unspecified atom stereocenters. The minimum absolute atomic E-state index is 0.0191. The largest absolute Gasteiger partial charge is 0.303 e. The maximum Gasteiger partial charge on any atom is 0.126 e. The topological polar surface area (TPSA) is 17.1 Å². The van der Waals surface area contributed by atoms with Crippen molar-refractivity contribution in [3.8, 4) is 0 Å². The standard InChI is InChI=1S/C9H16OS/c1-8(2)9(7-10)3-5-11-6-4-9/h7-8H,3-6H2,1-2H3. The second-order valence-electron chi connectivity index (χ2n) is 3.62. The lowest BCUT2D eigenvalue weighted by Crippen LogP contribution is -2.33. The van der Waals surface area contributed by atoms with E-state index in [0.717, 1.165) is 24.3 Å². The Labute approximate surface area is 72.9 Å². The highest BCUT2D eigenvalue weighted by molar-refractivity contribution is 7.99. The minimum Gasteiger partial charge on any atom is -0.303 e. The molecule has 0 saturated carbocycles. The molecule has 1 nitrogen and oxygen atoms in total. The van der Waals surface area contributed by atoms with Crippen LogP contribution in [0, 0.1) is 11.3 Å². The van der Waals surface area contributed by atoms with Crippen molar-refractivity contribution >= 4 is 18.0 Å². The van der Waals surface area contributed by atoms with Gasteiger partial charge in [0.2, 0.25) is 0 Å². The van der Waals surface area contributed by atoms with E-state index in [9.17, 15) is 4.79 Å². The van der Waals surface area contributed by atoms with Gasteiger partial charge in [-0.2, -0.15) is 11.8 Å². The zero-order valence-corrected chi connectivity index (χ0v) is 8.12. The molecule has 0 radical (unpaired) electrons. The third-order valence-electron chi connectivity index (χ3n) is 2.81. The SMILES string of the molecule is CC(C)C1(C=O)CCSCC1. The van der Waals surface area contributed by atoms with Gasteiger partial charge in [-0.25, -0.2) is 0 Å². The van der Waals surface area contributed by atoms with Crippen LogP contribution in [0.3, 0.4) is 0 Å². The maximum atomic E-state index is 10.9. The van der Waals surface area contributed by atoms with Crippen molar-refractivity contribution in [1.82, 2.24) is 0 Å². The zero-order chi connectivity index (χ0) is 8.32. The minimum atomic E-state index is 0.0191. The second kappa shape index (κ2) is 3.61. The van der Waals surface area contributed by atoms with Crippen LogP contribution >= 0.6 is 11.8 Å². The number of carbonyl (C=O) groups is 1. The molecule has 64 valence electrons. The molecule has 0 spiro atoms. The summed E-state index contributed by atoms with van der Waals surface area (Å²) in [7, 11) is 0. The fraction of sp³-hybridized carbons (Fsp3) is 0.889. The Morgan fingerprint density at radius 2 is 1.91 bits per heavy atom. The molecule has 1 heterocycles. The van der Waals surface area contributed by atoms with E-state index in [4.69, 9.17) is 0 Å². The Balaban J connectivity index is 2.64. The van der Waals surface area contributed by atoms with Crippen LogP contribution in [0.4, 0.5) is 0 Å². The van der Waals surface area contributed by atoms with Gasteiger partial charge in [-0.1, -0.05) is 13.8 Å². The Morgan fingerprint density at radius 1 is 1.36 bits per heavy atom. The lowest BCUT2D eigenvalue weighted by Gasteiger charge is -2.35. The molecule has 0 aliphatic carbocycles. The van der Waals surface area contributed by atoms with Gasteiger partial charge in [-0.15, -0.1) is 0 Å². The summed E-state index contributed by atoms with van der Waals surface area (Å²) in [4.78, 5) is 10.9. The summed E-state index contributed by atoms with van der Waals surface area (Å²) in [5.41, 5.74) is 0.0191. The fourth-order valence-corrected chi connectivity index (χ4v) is 2.84. The summed E-state index contributed by atoms with van der Waals surface area (Å²) in [6, 6.07) is 0. The average Bonchev–Trinajstić information content (AvgIpc) is 2.05. The number of thioether (sulfide) groups is 1. The number of carbonyl (C=O) groups excluding carboxylic acids is 1. The molecule has 1 fully saturated rings. The van der Waals surface area contributed by atoms with Crippen LogP contribution in [-0.2, 0) is 4.79 Å². The first kappa shape index (κ1) is 9.11. The smallest absolute Gasteiger partial charge is 0.126 e. The lowest BCUT2D eigenvalue weighted by molar-refractivity contribution is -0.118. The first-order chi connectivity index (χ1) is 5.21. The van der Waals surface area contributed by atoms with Gasteiger partial charge >= 0.3 is 0 Å². The van der Waals surface area contributed by atoms with Crippen molar-refractivity contribution in [3.63, 3.8) is 0 Å². The van der Waals surface area contributed by atoms with E-state index in [1.54, 1.807) is 0 Å². The van der Waals surface area contributed by atoms with Crippen molar-refractivity contribution in [2.45, 2.75) is 26.7 Å². The molecule has 1 saturated heterocycles. The lowest BCUT2D eigenvalue weighted by atomic mass is 9.74. The molecule has 11 heavy (non-hydrogen) atoms. The molecule has 0 aromatic rings. The highest BCUT2D eigenvalue weighted by atomic mass is 32.2. The van der Waals surface area contributed by atoms with Gasteiger partial charge in [0.05, 0.1) is 0 Å². The maximum absolute atomic E-state index is 10.9. The van der Waals surface area contributed by atoms with Crippen molar-refractivity contribution in [2.24, 2.45) is 11.3 Å². The third-order valence-corrected chi connectivity index (χ3v) is 3.79.